The molecule has 1 aromatic carbocycles. The monoisotopic (exact) mass is 479 g/mol. The van der Waals surface area contributed by atoms with Crippen LogP contribution in [0.4, 0.5) is 5.69 Å². The Balaban J connectivity index is 0.00000576. The molecule has 0 fully saturated rings. The number of anilines is 1. The van der Waals surface area contributed by atoms with E-state index in [0.717, 1.165) is 48.4 Å². The minimum Gasteiger partial charge on any atom is -0.493 e. The molecular weight excluding hydrogens is 449 g/mol. The summed E-state index contributed by atoms with van der Waals surface area (Å²) in [7, 11) is 1.70. The maximum Gasteiger partial charge on any atom is 0.195 e. The molecule has 5 nitrogen and oxygen atoms in total. The zero-order valence-electron chi connectivity index (χ0n) is 15.1. The number of hydrogen-bond acceptors (Lipinski definition) is 4. The molecule has 0 amide bonds. The van der Waals surface area contributed by atoms with Crippen molar-refractivity contribution in [2.24, 2.45) is 4.99 Å². The minimum atomic E-state index is 0. The molecule has 0 saturated heterocycles. The lowest BCUT2D eigenvalue weighted by molar-refractivity contribution is 0.172. The fourth-order valence-electron chi connectivity index (χ4n) is 1.89. The first-order valence-corrected chi connectivity index (χ1v) is 9.41. The number of nitrogens with zero attached hydrogens (tertiary/aromatic N) is 1. The Labute approximate surface area is 173 Å². The molecule has 0 aliphatic heterocycles. The third kappa shape index (κ3) is 12.1. The molecule has 0 unspecified atom stereocenters. The van der Waals surface area contributed by atoms with Crippen LogP contribution in [0.2, 0.25) is 0 Å². The molecule has 0 atom stereocenters. The van der Waals surface area contributed by atoms with Gasteiger partial charge in [-0.05, 0) is 19.1 Å². The average molecular weight is 479 g/mol. The molecule has 0 radical (unpaired) electrons. The van der Waals surface area contributed by atoms with E-state index in [1.807, 2.05) is 42.1 Å². The Morgan fingerprint density at radius 1 is 1.36 bits per heavy atom. The highest BCUT2D eigenvalue weighted by Gasteiger charge is 2.01. The summed E-state index contributed by atoms with van der Waals surface area (Å²) in [6.45, 7) is 8.71. The SMILES string of the molecule is C=CCSCCN=C(NCC)Nc1cccc(OCCCOC)c1.I. The lowest BCUT2D eigenvalue weighted by Gasteiger charge is -2.13. The predicted octanol–water partition coefficient (Wildman–Crippen LogP) is 4.02. The number of nitrogens with one attached hydrogen (secondary N) is 2. The number of ether oxygens (including phenoxy) is 2. The van der Waals surface area contributed by atoms with Crippen LogP contribution in [-0.4, -0.2) is 50.9 Å². The van der Waals surface area contributed by atoms with Gasteiger partial charge in [0.2, 0.25) is 0 Å². The molecule has 0 aliphatic rings. The Kier molecular flexibility index (Phi) is 15.9. The van der Waals surface area contributed by atoms with E-state index in [4.69, 9.17) is 9.47 Å². The fraction of sp³-hybridized carbons (Fsp3) is 0.500. The van der Waals surface area contributed by atoms with Gasteiger partial charge in [-0.15, -0.1) is 30.6 Å². The van der Waals surface area contributed by atoms with Crippen LogP contribution in [0.25, 0.3) is 0 Å². The fourth-order valence-corrected chi connectivity index (χ4v) is 2.44. The van der Waals surface area contributed by atoms with Gasteiger partial charge in [0.15, 0.2) is 5.96 Å². The van der Waals surface area contributed by atoms with Crippen LogP contribution >= 0.6 is 35.7 Å². The lowest BCUT2D eigenvalue weighted by atomic mass is 10.3. The molecule has 2 N–H and O–H groups in total. The van der Waals surface area contributed by atoms with Crippen molar-refractivity contribution in [1.82, 2.24) is 5.32 Å². The van der Waals surface area contributed by atoms with Crippen molar-refractivity contribution in [3.05, 3.63) is 36.9 Å². The second-order valence-electron chi connectivity index (χ2n) is 4.97. The molecule has 142 valence electrons. The first kappa shape index (κ1) is 24.1. The summed E-state index contributed by atoms with van der Waals surface area (Å²) >= 11 is 1.82. The highest BCUT2D eigenvalue weighted by atomic mass is 127. The number of guanidine groups is 1. The summed E-state index contributed by atoms with van der Waals surface area (Å²) in [5.74, 6) is 3.56. The average Bonchev–Trinajstić information content (AvgIpc) is 2.59. The Bertz CT molecular complexity index is 501. The number of hydrogen-bond donors (Lipinski definition) is 2. The quantitative estimate of drug-likeness (QED) is 0.156. The molecule has 0 aliphatic carbocycles. The Morgan fingerprint density at radius 2 is 2.20 bits per heavy atom. The largest absolute Gasteiger partial charge is 0.493 e. The van der Waals surface area contributed by atoms with Gasteiger partial charge in [-0.1, -0.05) is 12.1 Å². The topological polar surface area (TPSA) is 54.9 Å². The number of halogens is 1. The maximum atomic E-state index is 5.72. The third-order valence-electron chi connectivity index (χ3n) is 2.94. The van der Waals surface area contributed by atoms with Gasteiger partial charge in [0.05, 0.1) is 13.2 Å². The van der Waals surface area contributed by atoms with E-state index in [1.54, 1.807) is 7.11 Å². The van der Waals surface area contributed by atoms with E-state index in [1.165, 1.54) is 0 Å². The van der Waals surface area contributed by atoms with Gasteiger partial charge in [0.1, 0.15) is 5.75 Å². The van der Waals surface area contributed by atoms with E-state index >= 15 is 0 Å². The molecule has 1 aromatic rings. The molecule has 1 rings (SSSR count). The third-order valence-corrected chi connectivity index (χ3v) is 3.89. The highest BCUT2D eigenvalue weighted by molar-refractivity contribution is 14.0. The second-order valence-corrected chi connectivity index (χ2v) is 6.12. The number of benzene rings is 1. The van der Waals surface area contributed by atoms with Gasteiger partial charge >= 0.3 is 0 Å². The van der Waals surface area contributed by atoms with Gasteiger partial charge in [0, 0.05) is 49.9 Å². The molecule has 0 spiro atoms. The van der Waals surface area contributed by atoms with E-state index < -0.39 is 0 Å². The predicted molar refractivity (Wildman–Crippen MR) is 121 cm³/mol. The van der Waals surface area contributed by atoms with Crippen molar-refractivity contribution in [3.8, 4) is 5.75 Å². The van der Waals surface area contributed by atoms with Crippen LogP contribution in [-0.2, 0) is 4.74 Å². The molecule has 0 aromatic heterocycles. The number of methoxy groups -OCH3 is 1. The summed E-state index contributed by atoms with van der Waals surface area (Å²) in [6.07, 6.45) is 2.79. The van der Waals surface area contributed by atoms with Gasteiger partial charge in [0.25, 0.3) is 0 Å². The van der Waals surface area contributed by atoms with Crippen molar-refractivity contribution in [2.45, 2.75) is 13.3 Å². The summed E-state index contributed by atoms with van der Waals surface area (Å²) in [5, 5.41) is 6.57. The van der Waals surface area contributed by atoms with Crippen LogP contribution in [0.5, 0.6) is 5.75 Å². The Hall–Kier alpha value is -0.930. The summed E-state index contributed by atoms with van der Waals surface area (Å²) < 4.78 is 10.7. The zero-order valence-corrected chi connectivity index (χ0v) is 18.3. The van der Waals surface area contributed by atoms with E-state index in [2.05, 4.69) is 29.1 Å². The first-order chi connectivity index (χ1) is 11.8. The maximum absolute atomic E-state index is 5.72. The molecule has 25 heavy (non-hydrogen) atoms. The lowest BCUT2D eigenvalue weighted by Crippen LogP contribution is -2.30. The van der Waals surface area contributed by atoms with Gasteiger partial charge in [-0.3, -0.25) is 4.99 Å². The van der Waals surface area contributed by atoms with E-state index in [9.17, 15) is 0 Å². The zero-order chi connectivity index (χ0) is 17.5. The number of thioether (sulfide) groups is 1. The van der Waals surface area contributed by atoms with Gasteiger partial charge in [-0.2, -0.15) is 11.8 Å². The van der Waals surface area contributed by atoms with Crippen molar-refractivity contribution in [1.29, 1.82) is 0 Å². The van der Waals surface area contributed by atoms with Gasteiger partial charge in [-0.25, -0.2) is 0 Å². The van der Waals surface area contributed by atoms with Crippen LogP contribution in [0.3, 0.4) is 0 Å². The van der Waals surface area contributed by atoms with E-state index in [0.29, 0.717) is 13.2 Å². The minimum absolute atomic E-state index is 0. The van der Waals surface area contributed by atoms with Gasteiger partial charge < -0.3 is 20.1 Å². The van der Waals surface area contributed by atoms with Crippen LogP contribution < -0.4 is 15.4 Å². The summed E-state index contributed by atoms with van der Waals surface area (Å²) in [4.78, 5) is 4.58. The summed E-state index contributed by atoms with van der Waals surface area (Å²) in [6, 6.07) is 7.90. The smallest absolute Gasteiger partial charge is 0.195 e. The van der Waals surface area contributed by atoms with Crippen molar-refractivity contribution in [2.75, 3.05) is 50.2 Å². The second kappa shape index (κ2) is 16.5. The van der Waals surface area contributed by atoms with Crippen LogP contribution in [0, 0.1) is 0 Å². The van der Waals surface area contributed by atoms with Crippen molar-refractivity contribution < 1.29 is 9.47 Å². The van der Waals surface area contributed by atoms with E-state index in [-0.39, 0.29) is 24.0 Å². The Morgan fingerprint density at radius 3 is 2.92 bits per heavy atom. The number of aliphatic imine (C=N–C) groups is 1. The number of rotatable bonds is 12. The standard InChI is InChI=1S/C18H29N3O2S.HI/c1-4-13-24-14-10-20-18(19-5-2)21-16-8-6-9-17(15-16)23-12-7-11-22-3;/h4,6,8-9,15H,1,5,7,10-14H2,2-3H3,(H2,19,20,21);1H. The highest BCUT2D eigenvalue weighted by Crippen LogP contribution is 2.17. The molecule has 0 heterocycles. The van der Waals surface area contributed by atoms with Crippen LogP contribution in [0.1, 0.15) is 13.3 Å². The van der Waals surface area contributed by atoms with Crippen molar-refractivity contribution in [3.63, 3.8) is 0 Å². The molecule has 7 heteroatoms. The first-order valence-electron chi connectivity index (χ1n) is 8.26. The normalized spacial score (nSPS) is 10.7. The molecule has 0 bridgehead atoms. The summed E-state index contributed by atoms with van der Waals surface area (Å²) in [5.41, 5.74) is 0.956. The van der Waals surface area contributed by atoms with Crippen LogP contribution in [0.15, 0.2) is 41.9 Å². The molecule has 0 saturated carbocycles. The van der Waals surface area contributed by atoms with Crippen molar-refractivity contribution >= 4 is 47.4 Å². The molecular formula is C18H30IN3O2S.